The lowest BCUT2D eigenvalue weighted by molar-refractivity contribution is -0.132. The van der Waals surface area contributed by atoms with E-state index in [9.17, 15) is 9.59 Å². The normalized spacial score (nSPS) is 13.8. The fourth-order valence-corrected chi connectivity index (χ4v) is 7.35. The van der Waals surface area contributed by atoms with Gasteiger partial charge in [0.2, 0.25) is 0 Å². The van der Waals surface area contributed by atoms with Crippen LogP contribution in [0, 0.1) is 0 Å². The number of carbonyl (C=O) groups excluding carboxylic acids is 2. The van der Waals surface area contributed by atoms with Gasteiger partial charge < -0.3 is 18.6 Å². The number of esters is 2. The van der Waals surface area contributed by atoms with Crippen LogP contribution in [0.2, 0.25) is 0 Å². The zero-order valence-electron chi connectivity index (χ0n) is 24.6. The number of nitrogens with zero attached hydrogens (tertiary/aromatic N) is 1. The second-order valence-electron chi connectivity index (χ2n) is 9.41. The topological polar surface area (TPSA) is 66.8 Å². The minimum Gasteiger partial charge on any atom is -0.464 e. The summed E-state index contributed by atoms with van der Waals surface area (Å²) < 4.78 is 20.6. The fourth-order valence-electron chi connectivity index (χ4n) is 5.31. The number of benzene rings is 4. The molecule has 6 nitrogen and oxygen atoms in total. The molecule has 0 bridgehead atoms. The standard InChI is InChI=1S/C34H26NO5P.C2H6/c1-5-24-25-16-11-13-19-30(25)41(40-28(24)6-2)31-20-29(38-21(3)36)33-32(34(31)39-22(4)37)26-17-10-12-18-27(26)35(33)23-14-8-7-9-15-23;1-2/h5-20H,1-2H2,3-4H3;1-2H3. The van der Waals surface area contributed by atoms with Crippen molar-refractivity contribution in [3.8, 4) is 17.2 Å². The van der Waals surface area contributed by atoms with Crippen LogP contribution < -0.4 is 20.1 Å². The monoisotopic (exact) mass is 589 g/mol. The molecule has 216 valence electrons. The van der Waals surface area contributed by atoms with Crippen LogP contribution >= 0.6 is 8.15 Å². The fraction of sp³-hybridized carbons (Fsp3) is 0.111. The molecule has 0 spiro atoms. The maximum atomic E-state index is 12.6. The van der Waals surface area contributed by atoms with Crippen LogP contribution in [0.15, 0.2) is 116 Å². The van der Waals surface area contributed by atoms with E-state index in [1.165, 1.54) is 13.8 Å². The number of hydrogen-bond acceptors (Lipinski definition) is 5. The van der Waals surface area contributed by atoms with Crippen LogP contribution in [-0.2, 0) is 14.1 Å². The number of para-hydroxylation sites is 2. The highest BCUT2D eigenvalue weighted by Crippen LogP contribution is 2.52. The van der Waals surface area contributed by atoms with E-state index in [-0.39, 0.29) is 0 Å². The SMILES string of the molecule is C=CC1=C(C=C)c2ccccc2P(c2cc(OC(C)=O)c3c(c2OC(C)=O)c2ccccc2n3-c2ccccc2)O1.CC. The summed E-state index contributed by atoms with van der Waals surface area (Å²) in [5, 5.41) is 3.00. The van der Waals surface area contributed by atoms with E-state index in [4.69, 9.17) is 14.0 Å². The average molecular weight is 590 g/mol. The first-order valence-corrected chi connectivity index (χ1v) is 15.3. The second kappa shape index (κ2) is 12.5. The third kappa shape index (κ3) is 5.26. The van der Waals surface area contributed by atoms with Gasteiger partial charge in [-0.05, 0) is 35.9 Å². The van der Waals surface area contributed by atoms with Gasteiger partial charge in [0, 0.05) is 35.8 Å². The molecule has 4 aromatic carbocycles. The van der Waals surface area contributed by atoms with E-state index in [2.05, 4.69) is 13.2 Å². The molecular formula is C36H32NO5P. The van der Waals surface area contributed by atoms with Gasteiger partial charge >= 0.3 is 11.9 Å². The predicted molar refractivity (Wildman–Crippen MR) is 176 cm³/mol. The zero-order chi connectivity index (χ0) is 30.7. The van der Waals surface area contributed by atoms with Crippen LogP contribution in [0.25, 0.3) is 33.1 Å². The molecular weight excluding hydrogens is 557 g/mol. The number of fused-ring (bicyclic) bond motifs is 4. The first-order valence-electron chi connectivity index (χ1n) is 14.0. The van der Waals surface area contributed by atoms with Crippen molar-refractivity contribution < 1.29 is 23.6 Å². The van der Waals surface area contributed by atoms with Crippen LogP contribution in [0.3, 0.4) is 0 Å². The Morgan fingerprint density at radius 3 is 2.14 bits per heavy atom. The van der Waals surface area contributed by atoms with Gasteiger partial charge in [-0.2, -0.15) is 0 Å². The molecule has 0 radical (unpaired) electrons. The van der Waals surface area contributed by atoms with Crippen LogP contribution in [0.1, 0.15) is 33.3 Å². The highest BCUT2D eigenvalue weighted by Gasteiger charge is 2.34. The molecule has 0 aliphatic carbocycles. The zero-order valence-corrected chi connectivity index (χ0v) is 25.5. The number of rotatable bonds is 6. The van der Waals surface area contributed by atoms with Gasteiger partial charge in [0.1, 0.15) is 11.3 Å². The molecule has 0 fully saturated rings. The number of aromatic nitrogens is 1. The Hall–Kier alpha value is -4.93. The minimum atomic E-state index is -1.58. The summed E-state index contributed by atoms with van der Waals surface area (Å²) in [6, 6.07) is 27.3. The Morgan fingerprint density at radius 1 is 0.814 bits per heavy atom. The van der Waals surface area contributed by atoms with Gasteiger partial charge in [-0.15, -0.1) is 0 Å². The summed E-state index contributed by atoms with van der Waals surface area (Å²) in [5.74, 6) is 0.317. The van der Waals surface area contributed by atoms with Crippen molar-refractivity contribution in [1.82, 2.24) is 4.57 Å². The summed E-state index contributed by atoms with van der Waals surface area (Å²) in [4.78, 5) is 25.1. The molecule has 5 aromatic rings. The van der Waals surface area contributed by atoms with Gasteiger partial charge in [-0.3, -0.25) is 9.59 Å². The van der Waals surface area contributed by atoms with E-state index in [1.54, 1.807) is 18.2 Å². The van der Waals surface area contributed by atoms with E-state index in [1.807, 2.05) is 97.3 Å². The Bertz CT molecular complexity index is 1920. The maximum Gasteiger partial charge on any atom is 0.308 e. The summed E-state index contributed by atoms with van der Waals surface area (Å²) in [6.07, 6.45) is 3.40. The van der Waals surface area contributed by atoms with Crippen molar-refractivity contribution in [2.75, 3.05) is 0 Å². The van der Waals surface area contributed by atoms with Crippen molar-refractivity contribution >= 4 is 58.1 Å². The van der Waals surface area contributed by atoms with Crippen LogP contribution in [0.5, 0.6) is 11.5 Å². The third-order valence-corrected chi connectivity index (χ3v) is 8.80. The Labute approximate surface area is 252 Å². The van der Waals surface area contributed by atoms with Crippen molar-refractivity contribution in [3.63, 3.8) is 0 Å². The number of hydrogen-bond donors (Lipinski definition) is 0. The van der Waals surface area contributed by atoms with E-state index < -0.39 is 20.1 Å². The maximum absolute atomic E-state index is 12.6. The smallest absolute Gasteiger partial charge is 0.308 e. The lowest BCUT2D eigenvalue weighted by Gasteiger charge is -2.30. The number of carbonyl (C=O) groups is 2. The molecule has 0 saturated heterocycles. The number of ether oxygens (including phenoxy) is 2. The highest BCUT2D eigenvalue weighted by molar-refractivity contribution is 7.69. The van der Waals surface area contributed by atoms with Gasteiger partial charge in [0.25, 0.3) is 0 Å². The molecule has 7 heteroatoms. The van der Waals surface area contributed by atoms with Crippen molar-refractivity contribution in [1.29, 1.82) is 0 Å². The molecule has 2 heterocycles. The van der Waals surface area contributed by atoms with Crippen molar-refractivity contribution in [2.45, 2.75) is 27.7 Å². The summed E-state index contributed by atoms with van der Waals surface area (Å²) in [6.45, 7) is 14.7. The lowest BCUT2D eigenvalue weighted by Crippen LogP contribution is -2.24. The Balaban J connectivity index is 0.00000180. The van der Waals surface area contributed by atoms with Crippen LogP contribution in [0.4, 0.5) is 0 Å². The van der Waals surface area contributed by atoms with E-state index in [0.29, 0.717) is 33.5 Å². The molecule has 0 saturated carbocycles. The van der Waals surface area contributed by atoms with Crippen molar-refractivity contribution in [3.05, 3.63) is 122 Å². The van der Waals surface area contributed by atoms with Crippen molar-refractivity contribution in [2.24, 2.45) is 0 Å². The molecule has 1 unspecified atom stereocenters. The first-order chi connectivity index (χ1) is 20.9. The summed E-state index contributed by atoms with van der Waals surface area (Å²) >= 11 is 0. The van der Waals surface area contributed by atoms with E-state index in [0.717, 1.165) is 33.0 Å². The molecule has 1 aliphatic heterocycles. The molecule has 1 atom stereocenters. The Morgan fingerprint density at radius 2 is 1.47 bits per heavy atom. The molecule has 43 heavy (non-hydrogen) atoms. The van der Waals surface area contributed by atoms with E-state index >= 15 is 0 Å². The summed E-state index contributed by atoms with van der Waals surface area (Å²) in [5.41, 5.74) is 4.12. The van der Waals surface area contributed by atoms with Gasteiger partial charge in [0.05, 0.1) is 16.2 Å². The molecule has 0 amide bonds. The first kappa shape index (κ1) is 29.6. The average Bonchev–Trinajstić information content (AvgIpc) is 3.38. The quantitative estimate of drug-likeness (QED) is 0.114. The van der Waals surface area contributed by atoms with Gasteiger partial charge in [0.15, 0.2) is 19.6 Å². The molecule has 1 aromatic heterocycles. The molecule has 1 aliphatic rings. The summed E-state index contributed by atoms with van der Waals surface area (Å²) in [7, 11) is -1.58. The molecule has 0 N–H and O–H groups in total. The molecule has 6 rings (SSSR count). The largest absolute Gasteiger partial charge is 0.464 e. The lowest BCUT2D eigenvalue weighted by atomic mass is 10.0. The number of allylic oxidation sites excluding steroid dienone is 3. The Kier molecular flexibility index (Phi) is 8.61. The third-order valence-electron chi connectivity index (χ3n) is 6.83. The van der Waals surface area contributed by atoms with Crippen LogP contribution in [-0.4, -0.2) is 16.5 Å². The van der Waals surface area contributed by atoms with Gasteiger partial charge in [-0.25, -0.2) is 0 Å². The predicted octanol–water partition coefficient (Wildman–Crippen LogP) is 8.12. The second-order valence-corrected chi connectivity index (χ2v) is 11.1. The van der Waals surface area contributed by atoms with Gasteiger partial charge in [-0.1, -0.05) is 93.7 Å². The highest BCUT2D eigenvalue weighted by atomic mass is 31.1. The minimum absolute atomic E-state index is 0.334.